The zero-order valence-corrected chi connectivity index (χ0v) is 7.87. The molecule has 0 fully saturated rings. The van der Waals surface area contributed by atoms with Crippen LogP contribution in [-0.2, 0) is 16.0 Å². The first-order valence-corrected chi connectivity index (χ1v) is 4.58. The van der Waals surface area contributed by atoms with Gasteiger partial charge in [0, 0.05) is 5.38 Å². The Morgan fingerprint density at radius 1 is 1.43 bits per heavy atom. The molecule has 0 aliphatic rings. The molecule has 0 unspecified atom stereocenters. The predicted molar refractivity (Wildman–Crippen MR) is 49.6 cm³/mol. The molecule has 0 saturated heterocycles. The van der Waals surface area contributed by atoms with Crippen molar-refractivity contribution in [3.8, 4) is 0 Å². The van der Waals surface area contributed by atoms with Crippen LogP contribution in [0.2, 0.25) is 0 Å². The van der Waals surface area contributed by atoms with Gasteiger partial charge in [0.1, 0.15) is 6.54 Å². The number of aliphatic carboxylic acids is 2. The summed E-state index contributed by atoms with van der Waals surface area (Å²) in [6, 6.07) is 0. The second-order valence-electron chi connectivity index (χ2n) is 2.46. The Labute approximate surface area is 83.2 Å². The Balaban J connectivity index is 2.50. The van der Waals surface area contributed by atoms with E-state index in [4.69, 9.17) is 10.2 Å². The van der Waals surface area contributed by atoms with Crippen LogP contribution < -0.4 is 5.32 Å². The molecule has 0 bridgehead atoms. The van der Waals surface area contributed by atoms with E-state index >= 15 is 0 Å². The van der Waals surface area contributed by atoms with Gasteiger partial charge >= 0.3 is 11.9 Å². The van der Waals surface area contributed by atoms with Gasteiger partial charge in [0.25, 0.3) is 0 Å². The third kappa shape index (κ3) is 3.40. The lowest BCUT2D eigenvalue weighted by Crippen LogP contribution is -2.12. The van der Waals surface area contributed by atoms with Crippen LogP contribution in [0.1, 0.15) is 5.69 Å². The average Bonchev–Trinajstić information content (AvgIpc) is 2.47. The van der Waals surface area contributed by atoms with Gasteiger partial charge in [-0.25, -0.2) is 4.98 Å². The Kier molecular flexibility index (Phi) is 3.41. The standard InChI is InChI=1S/C7H8N2O4S/c10-5(11)1-4-3-14-7(9-4)8-2-6(12)13/h3H,1-2H2,(H,8,9)(H,10,11)(H,12,13). The highest BCUT2D eigenvalue weighted by molar-refractivity contribution is 7.13. The molecule has 6 nitrogen and oxygen atoms in total. The average molecular weight is 216 g/mol. The molecule has 0 aromatic carbocycles. The monoisotopic (exact) mass is 216 g/mol. The number of thiazole rings is 1. The Hall–Kier alpha value is -1.63. The van der Waals surface area contributed by atoms with E-state index in [9.17, 15) is 9.59 Å². The second-order valence-corrected chi connectivity index (χ2v) is 3.32. The van der Waals surface area contributed by atoms with E-state index in [1.54, 1.807) is 5.38 Å². The number of nitrogens with one attached hydrogen (secondary N) is 1. The highest BCUT2D eigenvalue weighted by Gasteiger charge is 2.06. The fourth-order valence-electron chi connectivity index (χ4n) is 0.776. The van der Waals surface area contributed by atoms with Crippen molar-refractivity contribution in [2.45, 2.75) is 6.42 Å². The first-order chi connectivity index (χ1) is 6.58. The number of carboxylic acid groups (broad SMARTS) is 2. The summed E-state index contributed by atoms with van der Waals surface area (Å²) in [6.07, 6.45) is -0.148. The number of anilines is 1. The summed E-state index contributed by atoms with van der Waals surface area (Å²) in [5.41, 5.74) is 0.426. The topological polar surface area (TPSA) is 99.5 Å². The number of hydrogen-bond acceptors (Lipinski definition) is 5. The molecular formula is C7H8N2O4S. The molecule has 7 heteroatoms. The first-order valence-electron chi connectivity index (χ1n) is 3.70. The largest absolute Gasteiger partial charge is 0.481 e. The summed E-state index contributed by atoms with van der Waals surface area (Å²) in [4.78, 5) is 24.4. The lowest BCUT2D eigenvalue weighted by atomic mass is 10.3. The molecule has 0 aliphatic carbocycles. The summed E-state index contributed by atoms with van der Waals surface area (Å²) < 4.78 is 0. The number of nitrogens with zero attached hydrogens (tertiary/aromatic N) is 1. The van der Waals surface area contributed by atoms with Crippen LogP contribution in [0, 0.1) is 0 Å². The molecule has 0 radical (unpaired) electrons. The highest BCUT2D eigenvalue weighted by Crippen LogP contribution is 2.15. The normalized spacial score (nSPS) is 9.71. The van der Waals surface area contributed by atoms with Crippen LogP contribution in [0.15, 0.2) is 5.38 Å². The highest BCUT2D eigenvalue weighted by atomic mass is 32.1. The van der Waals surface area contributed by atoms with Crippen LogP contribution in [0.4, 0.5) is 5.13 Å². The van der Waals surface area contributed by atoms with Crippen LogP contribution in [0.3, 0.4) is 0 Å². The summed E-state index contributed by atoms with van der Waals surface area (Å²) in [5, 5.41) is 21.3. The maximum absolute atomic E-state index is 10.3. The molecule has 0 aliphatic heterocycles. The summed E-state index contributed by atoms with van der Waals surface area (Å²) in [6.45, 7) is -0.222. The lowest BCUT2D eigenvalue weighted by molar-refractivity contribution is -0.136. The molecule has 14 heavy (non-hydrogen) atoms. The van der Waals surface area contributed by atoms with Crippen molar-refractivity contribution < 1.29 is 19.8 Å². The smallest absolute Gasteiger partial charge is 0.322 e. The molecule has 1 heterocycles. The van der Waals surface area contributed by atoms with Crippen molar-refractivity contribution in [3.63, 3.8) is 0 Å². The second kappa shape index (κ2) is 4.56. The van der Waals surface area contributed by atoms with E-state index in [2.05, 4.69) is 10.3 Å². The van der Waals surface area contributed by atoms with Crippen LogP contribution in [0.5, 0.6) is 0 Å². The zero-order valence-electron chi connectivity index (χ0n) is 7.06. The molecule has 1 rings (SSSR count). The molecular weight excluding hydrogens is 208 g/mol. The van der Waals surface area contributed by atoms with E-state index in [0.717, 1.165) is 0 Å². The minimum Gasteiger partial charge on any atom is -0.481 e. The van der Waals surface area contributed by atoms with Gasteiger partial charge < -0.3 is 15.5 Å². The fraction of sp³-hybridized carbons (Fsp3) is 0.286. The van der Waals surface area contributed by atoms with Crippen LogP contribution >= 0.6 is 11.3 Å². The molecule has 1 aromatic rings. The van der Waals surface area contributed by atoms with E-state index in [1.807, 2.05) is 0 Å². The van der Waals surface area contributed by atoms with Gasteiger partial charge in [-0.05, 0) is 0 Å². The molecule has 0 saturated carbocycles. The SMILES string of the molecule is O=C(O)CNc1nc(CC(=O)O)cs1. The summed E-state index contributed by atoms with van der Waals surface area (Å²) in [7, 11) is 0. The van der Waals surface area contributed by atoms with Gasteiger partial charge in [-0.15, -0.1) is 11.3 Å². The van der Waals surface area contributed by atoms with Crippen molar-refractivity contribution in [1.29, 1.82) is 0 Å². The maximum Gasteiger partial charge on any atom is 0.322 e. The molecule has 0 atom stereocenters. The number of carbonyl (C=O) groups is 2. The number of carboxylic acids is 2. The Morgan fingerprint density at radius 2 is 2.14 bits per heavy atom. The zero-order chi connectivity index (χ0) is 10.6. The Morgan fingerprint density at radius 3 is 2.71 bits per heavy atom. The van der Waals surface area contributed by atoms with Gasteiger partial charge in [0.05, 0.1) is 12.1 Å². The van der Waals surface area contributed by atoms with E-state index < -0.39 is 11.9 Å². The van der Waals surface area contributed by atoms with Crippen molar-refractivity contribution in [2.75, 3.05) is 11.9 Å². The van der Waals surface area contributed by atoms with Gasteiger partial charge in [0.2, 0.25) is 0 Å². The Bertz CT molecular complexity index is 349. The van der Waals surface area contributed by atoms with Crippen LogP contribution in [0.25, 0.3) is 0 Å². The van der Waals surface area contributed by atoms with Gasteiger partial charge in [0.15, 0.2) is 5.13 Å². The minimum atomic E-state index is -0.986. The number of aromatic nitrogens is 1. The first kappa shape index (κ1) is 10.5. The van der Waals surface area contributed by atoms with Crippen LogP contribution in [-0.4, -0.2) is 33.7 Å². The molecule has 0 amide bonds. The van der Waals surface area contributed by atoms with Crippen molar-refractivity contribution >= 4 is 28.4 Å². The fourth-order valence-corrected chi connectivity index (χ4v) is 1.48. The van der Waals surface area contributed by atoms with Crippen molar-refractivity contribution in [2.24, 2.45) is 0 Å². The number of hydrogen-bond donors (Lipinski definition) is 3. The van der Waals surface area contributed by atoms with Crippen molar-refractivity contribution in [1.82, 2.24) is 4.98 Å². The summed E-state index contributed by atoms with van der Waals surface area (Å²) in [5.74, 6) is -1.94. The van der Waals surface area contributed by atoms with Gasteiger partial charge in [-0.3, -0.25) is 9.59 Å². The molecule has 0 spiro atoms. The lowest BCUT2D eigenvalue weighted by Gasteiger charge is -1.95. The summed E-state index contributed by atoms with van der Waals surface area (Å²) >= 11 is 1.18. The van der Waals surface area contributed by atoms with Gasteiger partial charge in [-0.1, -0.05) is 0 Å². The number of rotatable bonds is 5. The molecule has 1 aromatic heterocycles. The quantitative estimate of drug-likeness (QED) is 0.653. The van der Waals surface area contributed by atoms with E-state index in [1.165, 1.54) is 11.3 Å². The molecule has 76 valence electrons. The van der Waals surface area contributed by atoms with E-state index in [-0.39, 0.29) is 13.0 Å². The van der Waals surface area contributed by atoms with E-state index in [0.29, 0.717) is 10.8 Å². The van der Waals surface area contributed by atoms with Gasteiger partial charge in [-0.2, -0.15) is 0 Å². The minimum absolute atomic E-state index is 0.148. The predicted octanol–water partition coefficient (Wildman–Crippen LogP) is 0.267. The van der Waals surface area contributed by atoms with Crippen molar-refractivity contribution in [3.05, 3.63) is 11.1 Å². The molecule has 3 N–H and O–H groups in total. The third-order valence-corrected chi connectivity index (χ3v) is 2.12. The third-order valence-electron chi connectivity index (χ3n) is 1.27. The maximum atomic E-state index is 10.3.